The first-order chi connectivity index (χ1) is 12.5. The second kappa shape index (κ2) is 5.98. The molecule has 26 heavy (non-hydrogen) atoms. The Morgan fingerprint density at radius 3 is 2.81 bits per heavy atom. The van der Waals surface area contributed by atoms with E-state index in [0.29, 0.717) is 12.1 Å². The Morgan fingerprint density at radius 2 is 2.00 bits per heavy atom. The first kappa shape index (κ1) is 16.3. The lowest BCUT2D eigenvalue weighted by atomic mass is 9.92. The molecule has 1 heterocycles. The van der Waals surface area contributed by atoms with Crippen LogP contribution in [0.4, 0.5) is 10.5 Å². The monoisotopic (exact) mass is 349 g/mol. The van der Waals surface area contributed by atoms with Gasteiger partial charge in [-0.05, 0) is 48.6 Å². The van der Waals surface area contributed by atoms with E-state index in [-0.39, 0.29) is 12.5 Å². The fraction of sp³-hybridized carbons (Fsp3) is 0.250. The maximum absolute atomic E-state index is 13.0. The molecule has 0 aromatic heterocycles. The minimum absolute atomic E-state index is 0.303. The van der Waals surface area contributed by atoms with Crippen molar-refractivity contribution in [2.24, 2.45) is 0 Å². The predicted octanol–water partition coefficient (Wildman–Crippen LogP) is 2.33. The molecule has 6 nitrogen and oxygen atoms in total. The molecule has 0 bridgehead atoms. The Labute approximate surface area is 151 Å². The van der Waals surface area contributed by atoms with Crippen LogP contribution in [0.15, 0.2) is 48.5 Å². The van der Waals surface area contributed by atoms with E-state index >= 15 is 0 Å². The first-order valence-electron chi connectivity index (χ1n) is 8.59. The van der Waals surface area contributed by atoms with E-state index in [2.05, 4.69) is 10.6 Å². The van der Waals surface area contributed by atoms with Crippen molar-refractivity contribution in [3.05, 3.63) is 65.2 Å². The van der Waals surface area contributed by atoms with Crippen LogP contribution >= 0.6 is 0 Å². The SMILES string of the molecule is Cc1cccc(NC(=O)CN2C(=O)N[C@@]3(CCc4ccccc43)C2=O)c1. The van der Waals surface area contributed by atoms with E-state index in [0.717, 1.165) is 28.0 Å². The van der Waals surface area contributed by atoms with Crippen molar-refractivity contribution in [3.8, 4) is 0 Å². The third kappa shape index (κ3) is 2.54. The molecule has 1 aliphatic carbocycles. The Hall–Kier alpha value is -3.15. The van der Waals surface area contributed by atoms with Crippen LogP contribution in [0, 0.1) is 6.92 Å². The molecule has 2 aromatic rings. The molecule has 6 heteroatoms. The third-order valence-electron chi connectivity index (χ3n) is 5.03. The van der Waals surface area contributed by atoms with Gasteiger partial charge >= 0.3 is 6.03 Å². The van der Waals surface area contributed by atoms with E-state index in [9.17, 15) is 14.4 Å². The van der Waals surface area contributed by atoms with Crippen molar-refractivity contribution in [1.29, 1.82) is 0 Å². The summed E-state index contributed by atoms with van der Waals surface area (Å²) in [5.74, 6) is -0.755. The fourth-order valence-electron chi connectivity index (χ4n) is 3.80. The molecule has 1 spiro atoms. The van der Waals surface area contributed by atoms with Crippen LogP contribution in [-0.2, 0) is 21.5 Å². The Morgan fingerprint density at radius 1 is 1.19 bits per heavy atom. The molecule has 2 N–H and O–H groups in total. The number of anilines is 1. The van der Waals surface area contributed by atoms with Gasteiger partial charge in [0.25, 0.3) is 5.91 Å². The van der Waals surface area contributed by atoms with Crippen molar-refractivity contribution in [1.82, 2.24) is 10.2 Å². The van der Waals surface area contributed by atoms with Crippen molar-refractivity contribution in [2.45, 2.75) is 25.3 Å². The zero-order chi connectivity index (χ0) is 18.3. The topological polar surface area (TPSA) is 78.5 Å². The van der Waals surface area contributed by atoms with E-state index in [1.54, 1.807) is 6.07 Å². The van der Waals surface area contributed by atoms with Gasteiger partial charge in [0.05, 0.1) is 0 Å². The summed E-state index contributed by atoms with van der Waals surface area (Å²) in [5.41, 5.74) is 2.52. The van der Waals surface area contributed by atoms with Crippen LogP contribution in [0.1, 0.15) is 23.1 Å². The highest BCUT2D eigenvalue weighted by Crippen LogP contribution is 2.41. The zero-order valence-corrected chi connectivity index (χ0v) is 14.4. The number of aryl methyl sites for hydroxylation is 2. The molecule has 4 rings (SSSR count). The van der Waals surface area contributed by atoms with Crippen LogP contribution in [-0.4, -0.2) is 29.3 Å². The standard InChI is InChI=1S/C20H19N3O3/c1-13-5-4-7-15(11-13)21-17(24)12-23-18(25)20(22-19(23)26)10-9-14-6-2-3-8-16(14)20/h2-8,11H,9-10,12H2,1H3,(H,21,24)(H,22,26)/t20-/m1/s1. The van der Waals surface area contributed by atoms with Crippen molar-refractivity contribution in [3.63, 3.8) is 0 Å². The minimum atomic E-state index is -1.03. The number of amides is 4. The Kier molecular flexibility index (Phi) is 3.76. The Balaban J connectivity index is 1.53. The van der Waals surface area contributed by atoms with Crippen LogP contribution in [0.25, 0.3) is 0 Å². The van der Waals surface area contributed by atoms with Crippen LogP contribution in [0.3, 0.4) is 0 Å². The van der Waals surface area contributed by atoms with E-state index in [1.807, 2.05) is 49.4 Å². The van der Waals surface area contributed by atoms with Gasteiger partial charge in [-0.1, -0.05) is 36.4 Å². The zero-order valence-electron chi connectivity index (χ0n) is 14.4. The summed E-state index contributed by atoms with van der Waals surface area (Å²) in [6, 6.07) is 14.5. The minimum Gasteiger partial charge on any atom is -0.325 e. The first-order valence-corrected chi connectivity index (χ1v) is 8.59. The molecule has 4 amide bonds. The van der Waals surface area contributed by atoms with E-state index in [4.69, 9.17) is 0 Å². The molecule has 0 radical (unpaired) electrons. The molecular weight excluding hydrogens is 330 g/mol. The molecule has 1 atom stereocenters. The van der Waals surface area contributed by atoms with Gasteiger partial charge in [0.15, 0.2) is 0 Å². The highest BCUT2D eigenvalue weighted by atomic mass is 16.2. The molecule has 2 aromatic carbocycles. The van der Waals surface area contributed by atoms with Gasteiger partial charge in [0.2, 0.25) is 5.91 Å². The van der Waals surface area contributed by atoms with Crippen LogP contribution < -0.4 is 10.6 Å². The molecule has 2 aliphatic rings. The summed E-state index contributed by atoms with van der Waals surface area (Å²) in [6.07, 6.45) is 1.25. The third-order valence-corrected chi connectivity index (χ3v) is 5.03. The van der Waals surface area contributed by atoms with Gasteiger partial charge in [-0.2, -0.15) is 0 Å². The number of carbonyl (C=O) groups is 3. The van der Waals surface area contributed by atoms with Gasteiger partial charge in [-0.3, -0.25) is 14.5 Å². The van der Waals surface area contributed by atoms with Gasteiger partial charge in [-0.15, -0.1) is 0 Å². The number of fused-ring (bicyclic) bond motifs is 2. The van der Waals surface area contributed by atoms with Crippen LogP contribution in [0.5, 0.6) is 0 Å². The second-order valence-electron chi connectivity index (χ2n) is 6.80. The van der Waals surface area contributed by atoms with E-state index in [1.165, 1.54) is 0 Å². The fourth-order valence-corrected chi connectivity index (χ4v) is 3.80. The number of benzene rings is 2. The summed E-state index contributed by atoms with van der Waals surface area (Å²) in [7, 11) is 0. The van der Waals surface area contributed by atoms with E-state index < -0.39 is 17.5 Å². The van der Waals surface area contributed by atoms with Gasteiger partial charge in [0, 0.05) is 5.69 Å². The normalized spacial score (nSPS) is 21.0. The number of carbonyl (C=O) groups excluding carboxylic acids is 3. The summed E-state index contributed by atoms with van der Waals surface area (Å²) in [6.45, 7) is 1.62. The molecule has 0 unspecified atom stereocenters. The maximum Gasteiger partial charge on any atom is 0.325 e. The number of rotatable bonds is 3. The Bertz CT molecular complexity index is 924. The van der Waals surface area contributed by atoms with Gasteiger partial charge in [-0.25, -0.2) is 4.79 Å². The largest absolute Gasteiger partial charge is 0.325 e. The highest BCUT2D eigenvalue weighted by Gasteiger charge is 2.55. The number of nitrogens with zero attached hydrogens (tertiary/aromatic N) is 1. The van der Waals surface area contributed by atoms with Crippen LogP contribution in [0.2, 0.25) is 0 Å². The summed E-state index contributed by atoms with van der Waals surface area (Å²) >= 11 is 0. The number of nitrogens with one attached hydrogen (secondary N) is 2. The number of hydrogen-bond acceptors (Lipinski definition) is 3. The smallest absolute Gasteiger partial charge is 0.325 e. The number of hydrogen-bond donors (Lipinski definition) is 2. The van der Waals surface area contributed by atoms with Crippen molar-refractivity contribution in [2.75, 3.05) is 11.9 Å². The van der Waals surface area contributed by atoms with Gasteiger partial charge < -0.3 is 10.6 Å². The number of urea groups is 1. The average molecular weight is 349 g/mol. The van der Waals surface area contributed by atoms with Crippen molar-refractivity contribution >= 4 is 23.5 Å². The lowest BCUT2D eigenvalue weighted by molar-refractivity contribution is -0.134. The molecular formula is C20H19N3O3. The molecule has 1 aliphatic heterocycles. The molecule has 132 valence electrons. The summed E-state index contributed by atoms with van der Waals surface area (Å²) in [5, 5.41) is 5.56. The average Bonchev–Trinajstić information content (AvgIpc) is 3.09. The molecule has 1 fully saturated rings. The lowest BCUT2D eigenvalue weighted by Crippen LogP contribution is -2.43. The molecule has 1 saturated heterocycles. The lowest BCUT2D eigenvalue weighted by Gasteiger charge is -2.22. The molecule has 0 saturated carbocycles. The summed E-state index contributed by atoms with van der Waals surface area (Å²) < 4.78 is 0. The quantitative estimate of drug-likeness (QED) is 0.835. The second-order valence-corrected chi connectivity index (χ2v) is 6.80. The number of imide groups is 1. The van der Waals surface area contributed by atoms with Crippen molar-refractivity contribution < 1.29 is 14.4 Å². The predicted molar refractivity (Wildman–Crippen MR) is 96.5 cm³/mol. The summed E-state index contributed by atoms with van der Waals surface area (Å²) in [4.78, 5) is 38.8. The maximum atomic E-state index is 13.0. The van der Waals surface area contributed by atoms with Gasteiger partial charge in [0.1, 0.15) is 12.1 Å². The highest BCUT2D eigenvalue weighted by molar-refractivity contribution is 6.10.